The summed E-state index contributed by atoms with van der Waals surface area (Å²) in [6.07, 6.45) is 0. The summed E-state index contributed by atoms with van der Waals surface area (Å²) < 4.78 is 19.4. The summed E-state index contributed by atoms with van der Waals surface area (Å²) in [4.78, 5) is 12.8. The molecule has 25 heavy (non-hydrogen) atoms. The average Bonchev–Trinajstić information content (AvgIpc) is 2.97. The molecule has 1 amide bonds. The standard InChI is InChI=1S/C19H16ClFN2O2/c1-11(13-7-4-3-5-8-13)22-19(24)16-12(2)25-23-18(16)17-14(20)9-6-10-15(17)21/h3-11H,1-2H3,(H,22,24)/t11-/m1/s1. The molecule has 0 radical (unpaired) electrons. The molecule has 1 N–H and O–H groups in total. The molecule has 0 aliphatic rings. The van der Waals surface area contributed by atoms with Crippen molar-refractivity contribution in [2.45, 2.75) is 19.9 Å². The predicted octanol–water partition coefficient (Wildman–Crippen LogP) is 4.93. The fraction of sp³-hybridized carbons (Fsp3) is 0.158. The third kappa shape index (κ3) is 3.42. The van der Waals surface area contributed by atoms with Gasteiger partial charge < -0.3 is 9.84 Å². The summed E-state index contributed by atoms with van der Waals surface area (Å²) in [5, 5.41) is 6.90. The molecule has 0 fully saturated rings. The first-order valence-electron chi connectivity index (χ1n) is 7.75. The van der Waals surface area contributed by atoms with Gasteiger partial charge in [0.25, 0.3) is 5.91 Å². The Morgan fingerprint density at radius 1 is 1.20 bits per heavy atom. The van der Waals surface area contributed by atoms with E-state index in [0.717, 1.165) is 5.56 Å². The average molecular weight is 359 g/mol. The first-order valence-corrected chi connectivity index (χ1v) is 8.13. The summed E-state index contributed by atoms with van der Waals surface area (Å²) in [6, 6.07) is 13.6. The number of aryl methyl sites for hydroxylation is 1. The number of benzene rings is 2. The van der Waals surface area contributed by atoms with E-state index in [2.05, 4.69) is 10.5 Å². The molecule has 0 aliphatic carbocycles. The van der Waals surface area contributed by atoms with Gasteiger partial charge in [-0.15, -0.1) is 0 Å². The quantitative estimate of drug-likeness (QED) is 0.719. The van der Waals surface area contributed by atoms with Crippen molar-refractivity contribution in [3.05, 3.63) is 76.3 Å². The Morgan fingerprint density at radius 3 is 2.60 bits per heavy atom. The highest BCUT2D eigenvalue weighted by molar-refractivity contribution is 6.33. The van der Waals surface area contributed by atoms with Gasteiger partial charge in [-0.3, -0.25) is 4.79 Å². The van der Waals surface area contributed by atoms with Gasteiger partial charge in [-0.25, -0.2) is 4.39 Å². The minimum absolute atomic E-state index is 0.0542. The minimum atomic E-state index is -0.564. The van der Waals surface area contributed by atoms with E-state index in [1.807, 2.05) is 37.3 Å². The van der Waals surface area contributed by atoms with Gasteiger partial charge in [0.15, 0.2) is 0 Å². The van der Waals surface area contributed by atoms with Crippen LogP contribution in [0.25, 0.3) is 11.3 Å². The Bertz CT molecular complexity index is 889. The number of rotatable bonds is 4. The Labute approximate surface area is 149 Å². The van der Waals surface area contributed by atoms with E-state index < -0.39 is 11.7 Å². The van der Waals surface area contributed by atoms with Gasteiger partial charge in [0.2, 0.25) is 0 Å². The zero-order valence-electron chi connectivity index (χ0n) is 13.7. The van der Waals surface area contributed by atoms with Crippen molar-refractivity contribution in [2.75, 3.05) is 0 Å². The zero-order valence-corrected chi connectivity index (χ0v) is 14.5. The molecule has 3 aromatic rings. The lowest BCUT2D eigenvalue weighted by molar-refractivity contribution is 0.0939. The number of carbonyl (C=O) groups excluding carboxylic acids is 1. The van der Waals surface area contributed by atoms with Crippen LogP contribution in [0, 0.1) is 12.7 Å². The molecule has 1 aromatic heterocycles. The first kappa shape index (κ1) is 17.2. The second kappa shape index (κ2) is 7.07. The normalized spacial score (nSPS) is 12.0. The van der Waals surface area contributed by atoms with Gasteiger partial charge in [-0.05, 0) is 31.5 Å². The van der Waals surface area contributed by atoms with Crippen LogP contribution in [-0.4, -0.2) is 11.1 Å². The Balaban J connectivity index is 1.96. The van der Waals surface area contributed by atoms with Crippen molar-refractivity contribution in [3.8, 4) is 11.3 Å². The van der Waals surface area contributed by atoms with Gasteiger partial charge in [0.1, 0.15) is 22.8 Å². The molecular formula is C19H16ClFN2O2. The summed E-state index contributed by atoms with van der Waals surface area (Å²) in [7, 11) is 0. The maximum Gasteiger partial charge on any atom is 0.257 e. The molecule has 128 valence electrons. The molecule has 2 aromatic carbocycles. The van der Waals surface area contributed by atoms with Gasteiger partial charge >= 0.3 is 0 Å². The number of nitrogens with zero attached hydrogens (tertiary/aromatic N) is 1. The third-order valence-corrected chi connectivity index (χ3v) is 4.25. The number of halogens is 2. The lowest BCUT2D eigenvalue weighted by Crippen LogP contribution is -2.27. The topological polar surface area (TPSA) is 55.1 Å². The van der Waals surface area contributed by atoms with E-state index >= 15 is 0 Å². The van der Waals surface area contributed by atoms with Crippen LogP contribution in [0.4, 0.5) is 4.39 Å². The maximum atomic E-state index is 14.2. The SMILES string of the molecule is Cc1onc(-c2c(F)cccc2Cl)c1C(=O)N[C@H](C)c1ccccc1. The summed E-state index contributed by atoms with van der Waals surface area (Å²) in [5.74, 6) is -0.664. The highest BCUT2D eigenvalue weighted by Crippen LogP contribution is 2.33. The highest BCUT2D eigenvalue weighted by atomic mass is 35.5. The number of carbonyl (C=O) groups is 1. The number of hydrogen-bond acceptors (Lipinski definition) is 3. The molecule has 0 saturated heterocycles. The predicted molar refractivity (Wildman–Crippen MR) is 94.0 cm³/mol. The van der Waals surface area contributed by atoms with Crippen molar-refractivity contribution < 1.29 is 13.7 Å². The lowest BCUT2D eigenvalue weighted by Gasteiger charge is -2.14. The van der Waals surface area contributed by atoms with Gasteiger partial charge in [-0.1, -0.05) is 53.2 Å². The summed E-state index contributed by atoms with van der Waals surface area (Å²) >= 11 is 6.10. The van der Waals surface area contributed by atoms with Crippen molar-refractivity contribution in [3.63, 3.8) is 0 Å². The van der Waals surface area contributed by atoms with Crippen molar-refractivity contribution in [1.82, 2.24) is 10.5 Å². The Hall–Kier alpha value is -2.66. The van der Waals surface area contributed by atoms with Crippen LogP contribution in [0.5, 0.6) is 0 Å². The fourth-order valence-corrected chi connectivity index (χ4v) is 2.88. The smallest absolute Gasteiger partial charge is 0.257 e. The first-order chi connectivity index (χ1) is 12.0. The summed E-state index contributed by atoms with van der Waals surface area (Å²) in [6.45, 7) is 3.47. The third-order valence-electron chi connectivity index (χ3n) is 3.94. The zero-order chi connectivity index (χ0) is 18.0. The van der Waals surface area contributed by atoms with Crippen molar-refractivity contribution in [2.24, 2.45) is 0 Å². The van der Waals surface area contributed by atoms with Crippen LogP contribution >= 0.6 is 11.6 Å². The minimum Gasteiger partial charge on any atom is -0.360 e. The van der Waals surface area contributed by atoms with E-state index in [9.17, 15) is 9.18 Å². The van der Waals surface area contributed by atoms with E-state index in [1.54, 1.807) is 6.92 Å². The lowest BCUT2D eigenvalue weighted by atomic mass is 10.0. The number of amides is 1. The van der Waals surface area contributed by atoms with Crippen LogP contribution in [0.2, 0.25) is 5.02 Å². The summed E-state index contributed by atoms with van der Waals surface area (Å²) in [5.41, 5.74) is 1.28. The molecular weight excluding hydrogens is 343 g/mol. The maximum absolute atomic E-state index is 14.2. The van der Waals surface area contributed by atoms with Gasteiger partial charge in [0.05, 0.1) is 16.6 Å². The van der Waals surface area contributed by atoms with Crippen LogP contribution in [0.1, 0.15) is 34.6 Å². The van der Waals surface area contributed by atoms with Crippen molar-refractivity contribution >= 4 is 17.5 Å². The van der Waals surface area contributed by atoms with E-state index in [-0.39, 0.29) is 27.9 Å². The van der Waals surface area contributed by atoms with E-state index in [0.29, 0.717) is 5.76 Å². The second-order valence-electron chi connectivity index (χ2n) is 5.66. The molecule has 1 heterocycles. The Kier molecular flexibility index (Phi) is 4.86. The van der Waals surface area contributed by atoms with Crippen LogP contribution in [-0.2, 0) is 0 Å². The number of aromatic nitrogens is 1. The van der Waals surface area contributed by atoms with Crippen LogP contribution < -0.4 is 5.32 Å². The van der Waals surface area contributed by atoms with E-state index in [4.69, 9.17) is 16.1 Å². The van der Waals surface area contributed by atoms with Crippen LogP contribution in [0.3, 0.4) is 0 Å². The van der Waals surface area contributed by atoms with Gasteiger partial charge in [-0.2, -0.15) is 0 Å². The van der Waals surface area contributed by atoms with Crippen molar-refractivity contribution in [1.29, 1.82) is 0 Å². The highest BCUT2D eigenvalue weighted by Gasteiger charge is 2.26. The fourth-order valence-electron chi connectivity index (χ4n) is 2.63. The molecule has 0 aliphatic heterocycles. The number of nitrogens with one attached hydrogen (secondary N) is 1. The molecule has 0 bridgehead atoms. The monoisotopic (exact) mass is 358 g/mol. The molecule has 3 rings (SSSR count). The molecule has 0 spiro atoms. The second-order valence-corrected chi connectivity index (χ2v) is 6.07. The molecule has 6 heteroatoms. The number of hydrogen-bond donors (Lipinski definition) is 1. The van der Waals surface area contributed by atoms with Gasteiger partial charge in [0, 0.05) is 0 Å². The molecule has 1 atom stereocenters. The van der Waals surface area contributed by atoms with E-state index in [1.165, 1.54) is 18.2 Å². The largest absolute Gasteiger partial charge is 0.360 e. The molecule has 0 unspecified atom stereocenters. The van der Waals surface area contributed by atoms with Crippen LogP contribution in [0.15, 0.2) is 53.1 Å². The Morgan fingerprint density at radius 2 is 1.92 bits per heavy atom. The molecule has 0 saturated carbocycles. The molecule has 4 nitrogen and oxygen atoms in total.